The number of rotatable bonds is 1. The van der Waals surface area contributed by atoms with E-state index in [-0.39, 0.29) is 6.29 Å². The van der Waals surface area contributed by atoms with Crippen LogP contribution in [0.1, 0.15) is 57.8 Å². The number of hydrogen-bond acceptors (Lipinski definition) is 2. The van der Waals surface area contributed by atoms with Crippen LogP contribution in [0.25, 0.3) is 0 Å². The molecule has 0 aromatic carbocycles. The lowest BCUT2D eigenvalue weighted by molar-refractivity contribution is -0.129. The van der Waals surface area contributed by atoms with Gasteiger partial charge in [0.1, 0.15) is 0 Å². The normalized spacial score (nSPS) is 53.6. The Kier molecular flexibility index (Phi) is 2.69. The molecule has 0 aromatic rings. The second kappa shape index (κ2) is 4.24. The van der Waals surface area contributed by atoms with Gasteiger partial charge in [-0.05, 0) is 50.4 Å². The first-order chi connectivity index (χ1) is 8.38. The quantitative estimate of drug-likeness (QED) is 0.693. The summed E-state index contributed by atoms with van der Waals surface area (Å²) in [6, 6.07) is 0. The van der Waals surface area contributed by atoms with E-state index < -0.39 is 0 Å². The lowest BCUT2D eigenvalue weighted by Gasteiger charge is -2.40. The molecule has 4 unspecified atom stereocenters. The maximum atomic E-state index is 6.17. The van der Waals surface area contributed by atoms with Crippen LogP contribution in [-0.4, -0.2) is 18.5 Å². The maximum Gasteiger partial charge on any atom is 0.161 e. The molecule has 17 heavy (non-hydrogen) atoms. The van der Waals surface area contributed by atoms with Crippen LogP contribution < -0.4 is 0 Å². The predicted octanol–water partition coefficient (Wildman–Crippen LogP) is 3.50. The minimum atomic E-state index is 0.161. The molecule has 4 fully saturated rings. The van der Waals surface area contributed by atoms with Crippen LogP contribution in [0.5, 0.6) is 0 Å². The van der Waals surface area contributed by atoms with Crippen LogP contribution in [0.2, 0.25) is 0 Å². The average Bonchev–Trinajstić information content (AvgIpc) is 2.88. The van der Waals surface area contributed by atoms with Crippen LogP contribution in [-0.2, 0) is 9.47 Å². The fourth-order valence-corrected chi connectivity index (χ4v) is 4.81. The van der Waals surface area contributed by atoms with Gasteiger partial charge < -0.3 is 9.47 Å². The van der Waals surface area contributed by atoms with Gasteiger partial charge in [0.05, 0.1) is 12.2 Å². The van der Waals surface area contributed by atoms with Crippen LogP contribution in [0.3, 0.4) is 0 Å². The highest BCUT2D eigenvalue weighted by atomic mass is 16.7. The Morgan fingerprint density at radius 3 is 1.88 bits per heavy atom. The van der Waals surface area contributed by atoms with Crippen molar-refractivity contribution in [1.82, 2.24) is 0 Å². The fourth-order valence-electron chi connectivity index (χ4n) is 4.81. The Hall–Kier alpha value is -0.0800. The van der Waals surface area contributed by atoms with Crippen molar-refractivity contribution in [3.8, 4) is 0 Å². The van der Waals surface area contributed by atoms with Crippen molar-refractivity contribution in [3.05, 3.63) is 0 Å². The average molecular weight is 236 g/mol. The van der Waals surface area contributed by atoms with Gasteiger partial charge in [-0.25, -0.2) is 0 Å². The topological polar surface area (TPSA) is 18.5 Å². The van der Waals surface area contributed by atoms with Crippen LogP contribution >= 0.6 is 0 Å². The minimum absolute atomic E-state index is 0.161. The van der Waals surface area contributed by atoms with E-state index in [1.54, 1.807) is 0 Å². The molecular formula is C15H24O2. The highest BCUT2D eigenvalue weighted by Crippen LogP contribution is 2.46. The smallest absolute Gasteiger partial charge is 0.161 e. The van der Waals surface area contributed by atoms with Gasteiger partial charge in [-0.2, -0.15) is 0 Å². The molecule has 0 radical (unpaired) electrons. The zero-order chi connectivity index (χ0) is 11.2. The van der Waals surface area contributed by atoms with Gasteiger partial charge in [0.25, 0.3) is 0 Å². The van der Waals surface area contributed by atoms with Crippen molar-refractivity contribution in [3.63, 3.8) is 0 Å². The molecule has 0 spiro atoms. The SMILES string of the molecule is C1CC2CC(C1)CC(C1OC3CCCC3O1)C2. The van der Waals surface area contributed by atoms with Crippen LogP contribution in [0, 0.1) is 17.8 Å². The van der Waals surface area contributed by atoms with E-state index in [0.29, 0.717) is 18.1 Å². The molecule has 4 rings (SSSR count). The second-order valence-corrected chi connectivity index (χ2v) is 6.78. The van der Waals surface area contributed by atoms with Crippen molar-refractivity contribution in [2.45, 2.75) is 76.3 Å². The van der Waals surface area contributed by atoms with Crippen LogP contribution in [0.15, 0.2) is 0 Å². The summed E-state index contributed by atoms with van der Waals surface area (Å²) in [7, 11) is 0. The van der Waals surface area contributed by atoms with E-state index >= 15 is 0 Å². The Balaban J connectivity index is 1.42. The predicted molar refractivity (Wildman–Crippen MR) is 65.6 cm³/mol. The minimum Gasteiger partial charge on any atom is -0.346 e. The lowest BCUT2D eigenvalue weighted by atomic mass is 9.68. The zero-order valence-electron chi connectivity index (χ0n) is 10.6. The van der Waals surface area contributed by atoms with Crippen LogP contribution in [0.4, 0.5) is 0 Å². The molecular weight excluding hydrogens is 212 g/mol. The molecule has 0 aromatic heterocycles. The van der Waals surface area contributed by atoms with Crippen molar-refractivity contribution in [2.75, 3.05) is 0 Å². The highest BCUT2D eigenvalue weighted by Gasteiger charge is 2.45. The molecule has 2 heteroatoms. The summed E-state index contributed by atoms with van der Waals surface area (Å²) in [5, 5.41) is 0. The third kappa shape index (κ3) is 1.94. The molecule has 4 aliphatic rings. The largest absolute Gasteiger partial charge is 0.346 e. The molecule has 4 atom stereocenters. The van der Waals surface area contributed by atoms with Gasteiger partial charge in [0.2, 0.25) is 0 Å². The van der Waals surface area contributed by atoms with Gasteiger partial charge in [-0.15, -0.1) is 0 Å². The number of hydrogen-bond donors (Lipinski definition) is 0. The molecule has 3 aliphatic carbocycles. The zero-order valence-corrected chi connectivity index (χ0v) is 10.6. The lowest BCUT2D eigenvalue weighted by Crippen LogP contribution is -2.34. The first kappa shape index (κ1) is 10.8. The summed E-state index contributed by atoms with van der Waals surface area (Å²) < 4.78 is 12.3. The maximum absolute atomic E-state index is 6.17. The van der Waals surface area contributed by atoms with Gasteiger partial charge in [-0.3, -0.25) is 0 Å². The molecule has 3 saturated carbocycles. The van der Waals surface area contributed by atoms with Crippen molar-refractivity contribution < 1.29 is 9.47 Å². The van der Waals surface area contributed by atoms with Gasteiger partial charge >= 0.3 is 0 Å². The Morgan fingerprint density at radius 2 is 1.24 bits per heavy atom. The van der Waals surface area contributed by atoms with E-state index in [0.717, 1.165) is 11.8 Å². The molecule has 0 N–H and O–H groups in total. The Bertz CT molecular complexity index is 267. The summed E-state index contributed by atoms with van der Waals surface area (Å²) in [5.74, 6) is 2.69. The number of fused-ring (bicyclic) bond motifs is 3. The van der Waals surface area contributed by atoms with Crippen molar-refractivity contribution in [1.29, 1.82) is 0 Å². The molecule has 2 bridgehead atoms. The molecule has 1 heterocycles. The third-order valence-electron chi connectivity index (χ3n) is 5.56. The van der Waals surface area contributed by atoms with E-state index in [9.17, 15) is 0 Å². The van der Waals surface area contributed by atoms with E-state index in [4.69, 9.17) is 9.47 Å². The van der Waals surface area contributed by atoms with Gasteiger partial charge in [0.15, 0.2) is 6.29 Å². The summed E-state index contributed by atoms with van der Waals surface area (Å²) in [5.41, 5.74) is 0. The third-order valence-corrected chi connectivity index (χ3v) is 5.56. The highest BCUT2D eigenvalue weighted by molar-refractivity contribution is 4.90. The van der Waals surface area contributed by atoms with Crippen molar-refractivity contribution >= 4 is 0 Å². The summed E-state index contributed by atoms with van der Waals surface area (Å²) in [6.07, 6.45) is 13.5. The summed E-state index contributed by atoms with van der Waals surface area (Å²) in [6.45, 7) is 0. The fraction of sp³-hybridized carbons (Fsp3) is 1.00. The van der Waals surface area contributed by atoms with E-state index in [1.165, 1.54) is 57.8 Å². The monoisotopic (exact) mass is 236 g/mol. The van der Waals surface area contributed by atoms with Crippen molar-refractivity contribution in [2.24, 2.45) is 17.8 Å². The standard InChI is InChI=1S/C15H24O2/c1-3-10-7-11(4-1)9-12(8-10)15-16-13-5-2-6-14(13)17-15/h10-15H,1-9H2. The van der Waals surface area contributed by atoms with Gasteiger partial charge in [-0.1, -0.05) is 19.3 Å². The number of ether oxygens (including phenoxy) is 2. The molecule has 96 valence electrons. The second-order valence-electron chi connectivity index (χ2n) is 6.78. The van der Waals surface area contributed by atoms with Gasteiger partial charge in [0, 0.05) is 5.92 Å². The Morgan fingerprint density at radius 1 is 0.647 bits per heavy atom. The molecule has 1 aliphatic heterocycles. The summed E-state index contributed by atoms with van der Waals surface area (Å²) in [4.78, 5) is 0. The first-order valence-corrected chi connectivity index (χ1v) is 7.69. The molecule has 2 nitrogen and oxygen atoms in total. The molecule has 1 saturated heterocycles. The molecule has 0 amide bonds. The first-order valence-electron chi connectivity index (χ1n) is 7.69. The summed E-state index contributed by atoms with van der Waals surface area (Å²) >= 11 is 0. The Labute approximate surface area is 104 Å². The van der Waals surface area contributed by atoms with E-state index in [2.05, 4.69) is 0 Å². The van der Waals surface area contributed by atoms with E-state index in [1.807, 2.05) is 0 Å².